The largest absolute Gasteiger partial charge is 0.490 e. The van der Waals surface area contributed by atoms with Gasteiger partial charge in [-0.25, -0.2) is 4.98 Å². The van der Waals surface area contributed by atoms with E-state index >= 15 is 0 Å². The summed E-state index contributed by atoms with van der Waals surface area (Å²) in [5.74, 6) is 1.95. The molecule has 0 aliphatic carbocycles. The van der Waals surface area contributed by atoms with Crippen LogP contribution < -0.4 is 19.5 Å². The highest BCUT2D eigenvalue weighted by molar-refractivity contribution is 9.10. The highest BCUT2D eigenvalue weighted by Gasteiger charge is 2.13. The van der Waals surface area contributed by atoms with Crippen molar-refractivity contribution in [3.05, 3.63) is 80.4 Å². The fraction of sp³-hybridized carbons (Fsp3) is 0.292. The van der Waals surface area contributed by atoms with E-state index in [9.17, 15) is 0 Å². The standard InChI is InChI=1S/C24H25BrCl2N2O3/c1-2-30-22-13-17(15-28-10-6-12-31-24-9-3-4-11-29-24)19(25)14-23(22)32-16-18-20(26)7-5-8-21(18)27/h3-5,7-9,11,13-14,28H,2,6,10,12,15-16H2,1H3. The summed E-state index contributed by atoms with van der Waals surface area (Å²) in [6, 6.07) is 14.9. The van der Waals surface area contributed by atoms with E-state index in [2.05, 4.69) is 26.2 Å². The maximum Gasteiger partial charge on any atom is 0.213 e. The number of aromatic nitrogens is 1. The molecule has 3 aromatic rings. The Morgan fingerprint density at radius 3 is 2.47 bits per heavy atom. The van der Waals surface area contributed by atoms with Crippen LogP contribution in [-0.2, 0) is 13.2 Å². The van der Waals surface area contributed by atoms with Gasteiger partial charge >= 0.3 is 0 Å². The van der Waals surface area contributed by atoms with Crippen molar-refractivity contribution in [2.45, 2.75) is 26.5 Å². The second-order valence-electron chi connectivity index (χ2n) is 6.86. The van der Waals surface area contributed by atoms with Crippen molar-refractivity contribution < 1.29 is 14.2 Å². The second-order valence-corrected chi connectivity index (χ2v) is 8.53. The van der Waals surface area contributed by atoms with Gasteiger partial charge in [-0.2, -0.15) is 0 Å². The summed E-state index contributed by atoms with van der Waals surface area (Å²) in [5.41, 5.74) is 1.82. The molecule has 0 aliphatic rings. The summed E-state index contributed by atoms with van der Waals surface area (Å²) < 4.78 is 18.4. The third-order valence-electron chi connectivity index (χ3n) is 4.55. The molecule has 0 unspecified atom stereocenters. The molecular formula is C24H25BrCl2N2O3. The Hall–Kier alpha value is -1.99. The van der Waals surface area contributed by atoms with Crippen LogP contribution >= 0.6 is 39.1 Å². The first-order chi connectivity index (χ1) is 15.6. The number of halogens is 3. The third-order valence-corrected chi connectivity index (χ3v) is 5.99. The summed E-state index contributed by atoms with van der Waals surface area (Å²) in [5, 5.41) is 4.57. The van der Waals surface area contributed by atoms with Gasteiger partial charge in [0.25, 0.3) is 0 Å². The van der Waals surface area contributed by atoms with Gasteiger partial charge in [-0.15, -0.1) is 0 Å². The minimum Gasteiger partial charge on any atom is -0.490 e. The molecule has 0 radical (unpaired) electrons. The topological polar surface area (TPSA) is 52.6 Å². The number of ether oxygens (including phenoxy) is 3. The molecule has 0 saturated heterocycles. The van der Waals surface area contributed by atoms with Crippen LogP contribution in [0, 0.1) is 0 Å². The fourth-order valence-corrected chi connectivity index (χ4v) is 3.91. The van der Waals surface area contributed by atoms with Crippen LogP contribution in [0.25, 0.3) is 0 Å². The molecule has 0 aliphatic heterocycles. The lowest BCUT2D eigenvalue weighted by molar-refractivity contribution is 0.269. The predicted octanol–water partition coefficient (Wildman–Crippen LogP) is 6.69. The van der Waals surface area contributed by atoms with Gasteiger partial charge in [0.1, 0.15) is 6.61 Å². The molecule has 8 heteroatoms. The summed E-state index contributed by atoms with van der Waals surface area (Å²) in [7, 11) is 0. The molecule has 0 spiro atoms. The van der Waals surface area contributed by atoms with Crippen LogP contribution in [0.4, 0.5) is 0 Å². The fourth-order valence-electron chi connectivity index (χ4n) is 2.94. The number of hydrogen-bond acceptors (Lipinski definition) is 5. The summed E-state index contributed by atoms with van der Waals surface area (Å²) >= 11 is 16.2. The van der Waals surface area contributed by atoms with Crippen LogP contribution in [-0.4, -0.2) is 24.7 Å². The number of rotatable bonds is 12. The Bertz CT molecular complexity index is 986. The van der Waals surface area contributed by atoms with Gasteiger partial charge in [0.2, 0.25) is 5.88 Å². The molecule has 5 nitrogen and oxygen atoms in total. The number of pyridine rings is 1. The van der Waals surface area contributed by atoms with Crippen LogP contribution in [0.15, 0.2) is 59.2 Å². The van der Waals surface area contributed by atoms with E-state index in [4.69, 9.17) is 37.4 Å². The van der Waals surface area contributed by atoms with Crippen molar-refractivity contribution in [2.75, 3.05) is 19.8 Å². The zero-order valence-corrected chi connectivity index (χ0v) is 20.8. The van der Waals surface area contributed by atoms with E-state index < -0.39 is 0 Å². The van der Waals surface area contributed by atoms with Crippen LogP contribution in [0.5, 0.6) is 17.4 Å². The maximum absolute atomic E-state index is 6.26. The molecule has 0 amide bonds. The van der Waals surface area contributed by atoms with Crippen LogP contribution in [0.1, 0.15) is 24.5 Å². The van der Waals surface area contributed by atoms with Crippen molar-refractivity contribution in [3.8, 4) is 17.4 Å². The van der Waals surface area contributed by atoms with E-state index in [1.807, 2.05) is 43.3 Å². The van der Waals surface area contributed by atoms with E-state index in [0.29, 0.717) is 47.2 Å². The molecular weight excluding hydrogens is 515 g/mol. The zero-order chi connectivity index (χ0) is 22.8. The predicted molar refractivity (Wildman–Crippen MR) is 132 cm³/mol. The lowest BCUT2D eigenvalue weighted by atomic mass is 10.2. The molecule has 0 bridgehead atoms. The lowest BCUT2D eigenvalue weighted by Crippen LogP contribution is -2.17. The normalized spacial score (nSPS) is 10.8. The van der Waals surface area contributed by atoms with Crippen LogP contribution in [0.2, 0.25) is 10.0 Å². The molecule has 0 fully saturated rings. The highest BCUT2D eigenvalue weighted by atomic mass is 79.9. The molecule has 3 rings (SSSR count). The average molecular weight is 540 g/mol. The monoisotopic (exact) mass is 538 g/mol. The molecule has 1 N–H and O–H groups in total. The van der Waals surface area contributed by atoms with Gasteiger partial charge in [-0.05, 0) is 55.8 Å². The first kappa shape index (κ1) is 24.6. The highest BCUT2D eigenvalue weighted by Crippen LogP contribution is 2.35. The number of nitrogens with zero attached hydrogens (tertiary/aromatic N) is 1. The minimum absolute atomic E-state index is 0.249. The summed E-state index contributed by atoms with van der Waals surface area (Å²) in [6.07, 6.45) is 2.59. The average Bonchev–Trinajstić information content (AvgIpc) is 2.79. The lowest BCUT2D eigenvalue weighted by Gasteiger charge is -2.16. The van der Waals surface area contributed by atoms with Gasteiger partial charge in [-0.3, -0.25) is 0 Å². The molecule has 170 valence electrons. The van der Waals surface area contributed by atoms with Gasteiger partial charge in [0, 0.05) is 38.9 Å². The first-order valence-corrected chi connectivity index (χ1v) is 11.9. The zero-order valence-electron chi connectivity index (χ0n) is 17.7. The Morgan fingerprint density at radius 1 is 0.969 bits per heavy atom. The van der Waals surface area contributed by atoms with Gasteiger partial charge in [0.15, 0.2) is 11.5 Å². The first-order valence-electron chi connectivity index (χ1n) is 10.3. The van der Waals surface area contributed by atoms with Gasteiger partial charge in [0.05, 0.1) is 13.2 Å². The molecule has 0 atom stereocenters. The summed E-state index contributed by atoms with van der Waals surface area (Å²) in [6.45, 7) is 4.82. The van der Waals surface area contributed by atoms with E-state index in [-0.39, 0.29) is 6.61 Å². The summed E-state index contributed by atoms with van der Waals surface area (Å²) in [4.78, 5) is 4.15. The van der Waals surface area contributed by atoms with Crippen molar-refractivity contribution in [2.24, 2.45) is 0 Å². The van der Waals surface area contributed by atoms with Crippen molar-refractivity contribution >= 4 is 39.1 Å². The quantitative estimate of drug-likeness (QED) is 0.260. The molecule has 2 aromatic carbocycles. The number of benzene rings is 2. The Morgan fingerprint density at radius 2 is 1.75 bits per heavy atom. The van der Waals surface area contributed by atoms with Crippen molar-refractivity contribution in [3.63, 3.8) is 0 Å². The maximum atomic E-state index is 6.26. The molecule has 0 saturated carbocycles. The molecule has 32 heavy (non-hydrogen) atoms. The van der Waals surface area contributed by atoms with E-state index in [0.717, 1.165) is 28.6 Å². The smallest absolute Gasteiger partial charge is 0.213 e. The molecule has 1 heterocycles. The van der Waals surface area contributed by atoms with Gasteiger partial charge < -0.3 is 19.5 Å². The van der Waals surface area contributed by atoms with Crippen molar-refractivity contribution in [1.29, 1.82) is 0 Å². The third kappa shape index (κ3) is 7.27. The molecule has 1 aromatic heterocycles. The second kappa shape index (κ2) is 12.9. The Kier molecular flexibility index (Phi) is 9.93. The minimum atomic E-state index is 0.249. The van der Waals surface area contributed by atoms with Crippen molar-refractivity contribution in [1.82, 2.24) is 10.3 Å². The number of nitrogens with one attached hydrogen (secondary N) is 1. The SMILES string of the molecule is CCOc1cc(CNCCCOc2ccccn2)c(Br)cc1OCc1c(Cl)cccc1Cl. The van der Waals surface area contributed by atoms with Gasteiger partial charge in [-0.1, -0.05) is 51.3 Å². The number of hydrogen-bond donors (Lipinski definition) is 1. The van der Waals surface area contributed by atoms with E-state index in [1.54, 1.807) is 18.3 Å². The van der Waals surface area contributed by atoms with E-state index in [1.165, 1.54) is 0 Å². The Labute approximate surface area is 207 Å². The Balaban J connectivity index is 1.55. The van der Waals surface area contributed by atoms with Crippen LogP contribution in [0.3, 0.4) is 0 Å².